The van der Waals surface area contributed by atoms with Gasteiger partial charge in [-0.3, -0.25) is 0 Å². The molecule has 0 spiro atoms. The standard InChI is InChI=1S/C10H4F8/c11-6-3-1-5(2-4-6)7(12)8(9(13,14)15)10(16,17)18/h1-4H. The molecule has 0 heterocycles. The molecule has 0 aliphatic carbocycles. The van der Waals surface area contributed by atoms with Crippen LogP contribution in [0.5, 0.6) is 0 Å². The molecule has 1 aromatic carbocycles. The first kappa shape index (κ1) is 14.5. The van der Waals surface area contributed by atoms with Gasteiger partial charge in [-0.15, -0.1) is 0 Å². The highest BCUT2D eigenvalue weighted by atomic mass is 19.4. The lowest BCUT2D eigenvalue weighted by Gasteiger charge is -2.16. The quantitative estimate of drug-likeness (QED) is 0.656. The summed E-state index contributed by atoms with van der Waals surface area (Å²) in [4.78, 5) is 0. The maximum absolute atomic E-state index is 13.2. The number of benzene rings is 1. The van der Waals surface area contributed by atoms with Crippen molar-refractivity contribution in [2.24, 2.45) is 0 Å². The van der Waals surface area contributed by atoms with Gasteiger partial charge >= 0.3 is 12.4 Å². The molecule has 0 atom stereocenters. The van der Waals surface area contributed by atoms with Crippen molar-refractivity contribution in [3.8, 4) is 0 Å². The number of halogens is 8. The van der Waals surface area contributed by atoms with Crippen LogP contribution in [0.2, 0.25) is 0 Å². The van der Waals surface area contributed by atoms with Crippen LogP contribution in [0.4, 0.5) is 35.1 Å². The van der Waals surface area contributed by atoms with Crippen LogP contribution >= 0.6 is 0 Å². The molecule has 0 radical (unpaired) electrons. The minimum absolute atomic E-state index is 0.488. The molecule has 8 heteroatoms. The van der Waals surface area contributed by atoms with Crippen molar-refractivity contribution >= 4 is 5.83 Å². The zero-order valence-electron chi connectivity index (χ0n) is 8.33. The van der Waals surface area contributed by atoms with E-state index in [0.717, 1.165) is 0 Å². The van der Waals surface area contributed by atoms with Gasteiger partial charge in [0.15, 0.2) is 5.57 Å². The molecular formula is C10H4F8. The lowest BCUT2D eigenvalue weighted by Crippen LogP contribution is -2.27. The molecule has 0 bridgehead atoms. The first-order chi connectivity index (χ1) is 8.03. The van der Waals surface area contributed by atoms with E-state index in [4.69, 9.17) is 0 Å². The van der Waals surface area contributed by atoms with Gasteiger partial charge in [0.1, 0.15) is 11.6 Å². The Hall–Kier alpha value is -1.60. The molecule has 0 nitrogen and oxygen atoms in total. The Bertz CT molecular complexity index is 432. The number of hydrogen-bond acceptors (Lipinski definition) is 0. The van der Waals surface area contributed by atoms with Gasteiger partial charge < -0.3 is 0 Å². The fourth-order valence-electron chi connectivity index (χ4n) is 1.15. The summed E-state index contributed by atoms with van der Waals surface area (Å²) in [7, 11) is 0. The predicted octanol–water partition coefficient (Wildman–Crippen LogP) is 4.63. The molecule has 0 saturated heterocycles. The van der Waals surface area contributed by atoms with E-state index in [1.165, 1.54) is 0 Å². The van der Waals surface area contributed by atoms with Crippen molar-refractivity contribution < 1.29 is 35.1 Å². The van der Waals surface area contributed by atoms with Gasteiger partial charge in [-0.25, -0.2) is 8.78 Å². The summed E-state index contributed by atoms with van der Waals surface area (Å²) in [6.45, 7) is 0. The third kappa shape index (κ3) is 3.21. The highest BCUT2D eigenvalue weighted by Gasteiger charge is 2.53. The van der Waals surface area contributed by atoms with E-state index in [2.05, 4.69) is 0 Å². The van der Waals surface area contributed by atoms with E-state index in [1.54, 1.807) is 0 Å². The fourth-order valence-corrected chi connectivity index (χ4v) is 1.15. The van der Waals surface area contributed by atoms with Crippen molar-refractivity contribution in [1.82, 2.24) is 0 Å². The van der Waals surface area contributed by atoms with Crippen molar-refractivity contribution in [3.05, 3.63) is 41.2 Å². The van der Waals surface area contributed by atoms with Crippen LogP contribution in [-0.2, 0) is 0 Å². The van der Waals surface area contributed by atoms with Crippen LogP contribution in [-0.4, -0.2) is 12.4 Å². The molecule has 0 aliphatic heterocycles. The predicted molar refractivity (Wildman–Crippen MR) is 46.5 cm³/mol. The fraction of sp³-hybridized carbons (Fsp3) is 0.200. The maximum Gasteiger partial charge on any atom is 0.424 e. The van der Waals surface area contributed by atoms with Gasteiger partial charge in [0.05, 0.1) is 0 Å². The summed E-state index contributed by atoms with van der Waals surface area (Å²) in [6, 6.07) is 2.09. The summed E-state index contributed by atoms with van der Waals surface area (Å²) >= 11 is 0. The molecule has 0 unspecified atom stereocenters. The Morgan fingerprint density at radius 1 is 0.778 bits per heavy atom. The van der Waals surface area contributed by atoms with E-state index >= 15 is 0 Å². The monoisotopic (exact) mass is 276 g/mol. The molecule has 0 saturated carbocycles. The first-order valence-electron chi connectivity index (χ1n) is 4.33. The normalized spacial score (nSPS) is 12.4. The summed E-state index contributed by atoms with van der Waals surface area (Å²) in [5.74, 6) is -3.40. The van der Waals surface area contributed by atoms with Crippen LogP contribution in [0, 0.1) is 5.82 Å². The molecule has 0 amide bonds. The Labute approximate surface area is 95.5 Å². The Morgan fingerprint density at radius 2 is 1.17 bits per heavy atom. The summed E-state index contributed by atoms with van der Waals surface area (Å²) < 4.78 is 98.5. The van der Waals surface area contributed by atoms with Crippen molar-refractivity contribution in [2.75, 3.05) is 0 Å². The van der Waals surface area contributed by atoms with Gasteiger partial charge in [-0.1, -0.05) is 0 Å². The molecule has 0 N–H and O–H groups in total. The summed E-state index contributed by atoms with van der Waals surface area (Å²) in [5.41, 5.74) is -4.25. The highest BCUT2D eigenvalue weighted by Crippen LogP contribution is 2.43. The second-order valence-corrected chi connectivity index (χ2v) is 3.19. The molecule has 18 heavy (non-hydrogen) atoms. The Balaban J connectivity index is 3.41. The Kier molecular flexibility index (Phi) is 3.68. The molecule has 1 aromatic rings. The second kappa shape index (κ2) is 4.58. The molecular weight excluding hydrogens is 272 g/mol. The van der Waals surface area contributed by atoms with E-state index in [0.29, 0.717) is 24.3 Å². The van der Waals surface area contributed by atoms with E-state index in [1.807, 2.05) is 0 Å². The first-order valence-corrected chi connectivity index (χ1v) is 4.33. The lowest BCUT2D eigenvalue weighted by atomic mass is 10.1. The minimum Gasteiger partial charge on any atom is -0.207 e. The SMILES string of the molecule is FC(=C(C(F)(F)F)C(F)(F)F)c1ccc(F)cc1. The lowest BCUT2D eigenvalue weighted by molar-refractivity contribution is -0.171. The third-order valence-electron chi connectivity index (χ3n) is 1.88. The van der Waals surface area contributed by atoms with Crippen LogP contribution in [0.3, 0.4) is 0 Å². The highest BCUT2D eigenvalue weighted by molar-refractivity contribution is 5.64. The second-order valence-electron chi connectivity index (χ2n) is 3.19. The zero-order chi connectivity index (χ0) is 14.1. The van der Waals surface area contributed by atoms with E-state index in [9.17, 15) is 35.1 Å². The maximum atomic E-state index is 13.2. The Morgan fingerprint density at radius 3 is 1.50 bits per heavy atom. The molecule has 1 rings (SSSR count). The van der Waals surface area contributed by atoms with Crippen LogP contribution < -0.4 is 0 Å². The number of rotatable bonds is 1. The summed E-state index contributed by atoms with van der Waals surface area (Å²) in [6.07, 6.45) is -11.8. The average molecular weight is 276 g/mol. The topological polar surface area (TPSA) is 0 Å². The van der Waals surface area contributed by atoms with Crippen LogP contribution in [0.15, 0.2) is 29.8 Å². The molecule has 100 valence electrons. The van der Waals surface area contributed by atoms with Gasteiger partial charge in [-0.2, -0.15) is 26.3 Å². The molecule has 0 aliphatic rings. The minimum atomic E-state index is -5.89. The third-order valence-corrected chi connectivity index (χ3v) is 1.88. The number of hydrogen-bond donors (Lipinski definition) is 0. The largest absolute Gasteiger partial charge is 0.424 e. The number of alkyl halides is 6. The average Bonchev–Trinajstić information content (AvgIpc) is 2.13. The smallest absolute Gasteiger partial charge is 0.207 e. The van der Waals surface area contributed by atoms with Crippen molar-refractivity contribution in [1.29, 1.82) is 0 Å². The molecule has 0 fully saturated rings. The van der Waals surface area contributed by atoms with Crippen molar-refractivity contribution in [3.63, 3.8) is 0 Å². The van der Waals surface area contributed by atoms with E-state index in [-0.39, 0.29) is 0 Å². The number of allylic oxidation sites excluding steroid dienone is 1. The van der Waals surface area contributed by atoms with Crippen molar-refractivity contribution in [2.45, 2.75) is 12.4 Å². The van der Waals surface area contributed by atoms with Gasteiger partial charge in [0.25, 0.3) is 0 Å². The van der Waals surface area contributed by atoms with Crippen LogP contribution in [0.25, 0.3) is 5.83 Å². The van der Waals surface area contributed by atoms with E-state index < -0.39 is 35.1 Å². The van der Waals surface area contributed by atoms with Gasteiger partial charge in [-0.05, 0) is 24.3 Å². The van der Waals surface area contributed by atoms with Crippen LogP contribution in [0.1, 0.15) is 5.56 Å². The zero-order valence-corrected chi connectivity index (χ0v) is 8.33. The molecule has 0 aromatic heterocycles. The van der Waals surface area contributed by atoms with Gasteiger partial charge in [0.2, 0.25) is 0 Å². The van der Waals surface area contributed by atoms with Gasteiger partial charge in [0, 0.05) is 5.56 Å². The summed E-state index contributed by atoms with van der Waals surface area (Å²) in [5, 5.41) is 0.